The highest BCUT2D eigenvalue weighted by Crippen LogP contribution is 2.15. The summed E-state index contributed by atoms with van der Waals surface area (Å²) in [4.78, 5) is 26.8. The second kappa shape index (κ2) is 6.17. The van der Waals surface area contributed by atoms with E-state index in [9.17, 15) is 9.59 Å². The predicted molar refractivity (Wildman–Crippen MR) is 79.4 cm³/mol. The van der Waals surface area contributed by atoms with Gasteiger partial charge in [0.15, 0.2) is 0 Å². The van der Waals surface area contributed by atoms with Crippen LogP contribution >= 0.6 is 0 Å². The highest BCUT2D eigenvalue weighted by atomic mass is 16.4. The van der Waals surface area contributed by atoms with Crippen LogP contribution in [0.2, 0.25) is 0 Å². The summed E-state index contributed by atoms with van der Waals surface area (Å²) in [6.07, 6.45) is 1.33. The van der Waals surface area contributed by atoms with Crippen molar-refractivity contribution in [3.8, 4) is 0 Å². The standard InChI is InChI=1S/C16H16N2O3/c1-10-4-3-5-14(11(10)2)16(21)18-13-7-6-12(17-9-13)8-15(19)20/h3-7,9H,8H2,1-2H3,(H,18,21)(H,19,20). The molecule has 0 aliphatic carbocycles. The Kier molecular flexibility index (Phi) is 4.33. The molecule has 1 aromatic heterocycles. The molecule has 108 valence electrons. The third-order valence-electron chi connectivity index (χ3n) is 3.26. The van der Waals surface area contributed by atoms with E-state index < -0.39 is 5.97 Å². The maximum absolute atomic E-state index is 12.2. The van der Waals surface area contributed by atoms with Gasteiger partial charge in [-0.15, -0.1) is 0 Å². The molecule has 0 atom stereocenters. The molecule has 0 bridgehead atoms. The van der Waals surface area contributed by atoms with Crippen LogP contribution in [0.1, 0.15) is 27.2 Å². The first-order valence-electron chi connectivity index (χ1n) is 6.51. The number of aryl methyl sites for hydroxylation is 1. The van der Waals surface area contributed by atoms with Crippen molar-refractivity contribution in [2.24, 2.45) is 0 Å². The number of aliphatic carboxylic acids is 1. The summed E-state index contributed by atoms with van der Waals surface area (Å²) < 4.78 is 0. The van der Waals surface area contributed by atoms with Crippen molar-refractivity contribution in [1.82, 2.24) is 4.98 Å². The average Bonchev–Trinajstić information content (AvgIpc) is 2.43. The molecule has 0 unspecified atom stereocenters. The third-order valence-corrected chi connectivity index (χ3v) is 3.26. The van der Waals surface area contributed by atoms with E-state index in [0.29, 0.717) is 16.9 Å². The van der Waals surface area contributed by atoms with E-state index in [1.54, 1.807) is 18.2 Å². The first-order valence-corrected chi connectivity index (χ1v) is 6.51. The zero-order valence-electron chi connectivity index (χ0n) is 11.9. The van der Waals surface area contributed by atoms with Gasteiger partial charge in [-0.1, -0.05) is 12.1 Å². The number of aromatic nitrogens is 1. The summed E-state index contributed by atoms with van der Waals surface area (Å²) in [5.41, 5.74) is 3.59. The highest BCUT2D eigenvalue weighted by molar-refractivity contribution is 6.05. The number of carboxylic acid groups (broad SMARTS) is 1. The van der Waals surface area contributed by atoms with E-state index in [0.717, 1.165) is 11.1 Å². The minimum absolute atomic E-state index is 0.134. The number of anilines is 1. The molecule has 5 nitrogen and oxygen atoms in total. The van der Waals surface area contributed by atoms with E-state index >= 15 is 0 Å². The number of hydrogen-bond acceptors (Lipinski definition) is 3. The molecule has 0 aliphatic heterocycles. The quantitative estimate of drug-likeness (QED) is 0.904. The maximum atomic E-state index is 12.2. The zero-order chi connectivity index (χ0) is 15.4. The fraction of sp³-hybridized carbons (Fsp3) is 0.188. The smallest absolute Gasteiger partial charge is 0.309 e. The van der Waals surface area contributed by atoms with Crippen molar-refractivity contribution >= 4 is 17.6 Å². The Balaban J connectivity index is 2.12. The Morgan fingerprint density at radius 2 is 1.95 bits per heavy atom. The topological polar surface area (TPSA) is 79.3 Å². The number of nitrogens with one attached hydrogen (secondary N) is 1. The molecule has 5 heteroatoms. The number of carbonyl (C=O) groups excluding carboxylic acids is 1. The molecule has 1 amide bonds. The van der Waals surface area contributed by atoms with Crippen molar-refractivity contribution < 1.29 is 14.7 Å². The number of hydrogen-bond donors (Lipinski definition) is 2. The van der Waals surface area contributed by atoms with Crippen LogP contribution in [0.3, 0.4) is 0 Å². The molecule has 0 spiro atoms. The lowest BCUT2D eigenvalue weighted by atomic mass is 10.0. The molecule has 0 aliphatic rings. The van der Waals surface area contributed by atoms with Crippen molar-refractivity contribution in [2.45, 2.75) is 20.3 Å². The largest absolute Gasteiger partial charge is 0.481 e. The Morgan fingerprint density at radius 1 is 1.19 bits per heavy atom. The van der Waals surface area contributed by atoms with Crippen LogP contribution in [-0.2, 0) is 11.2 Å². The van der Waals surface area contributed by atoms with Gasteiger partial charge in [-0.3, -0.25) is 14.6 Å². The Bertz CT molecular complexity index is 678. The van der Waals surface area contributed by atoms with Crippen LogP contribution in [0.5, 0.6) is 0 Å². The van der Waals surface area contributed by atoms with E-state index in [1.807, 2.05) is 26.0 Å². The van der Waals surface area contributed by atoms with E-state index in [1.165, 1.54) is 6.20 Å². The van der Waals surface area contributed by atoms with Crippen LogP contribution in [0.4, 0.5) is 5.69 Å². The van der Waals surface area contributed by atoms with Gasteiger partial charge in [0.05, 0.1) is 24.0 Å². The number of pyridine rings is 1. The fourth-order valence-electron chi connectivity index (χ4n) is 1.95. The summed E-state index contributed by atoms with van der Waals surface area (Å²) in [7, 11) is 0. The second-order valence-electron chi connectivity index (χ2n) is 4.81. The van der Waals surface area contributed by atoms with Crippen LogP contribution < -0.4 is 5.32 Å². The molecular formula is C16H16N2O3. The Hall–Kier alpha value is -2.69. The molecular weight excluding hydrogens is 268 g/mol. The van der Waals surface area contributed by atoms with Gasteiger partial charge in [0.2, 0.25) is 0 Å². The fourth-order valence-corrected chi connectivity index (χ4v) is 1.95. The van der Waals surface area contributed by atoms with Crippen LogP contribution in [0, 0.1) is 13.8 Å². The lowest BCUT2D eigenvalue weighted by Crippen LogP contribution is -2.14. The SMILES string of the molecule is Cc1cccc(C(=O)Nc2ccc(CC(=O)O)nc2)c1C. The van der Waals surface area contributed by atoms with Crippen molar-refractivity contribution in [1.29, 1.82) is 0 Å². The molecule has 21 heavy (non-hydrogen) atoms. The molecule has 0 fully saturated rings. The van der Waals surface area contributed by atoms with Crippen LogP contribution in [0.15, 0.2) is 36.5 Å². The summed E-state index contributed by atoms with van der Waals surface area (Å²) in [6.45, 7) is 3.85. The number of rotatable bonds is 4. The van der Waals surface area contributed by atoms with Gasteiger partial charge in [0.25, 0.3) is 5.91 Å². The van der Waals surface area contributed by atoms with Gasteiger partial charge in [-0.25, -0.2) is 0 Å². The number of carbonyl (C=O) groups is 2. The third kappa shape index (κ3) is 3.66. The van der Waals surface area contributed by atoms with Gasteiger partial charge in [0, 0.05) is 5.56 Å². The minimum Gasteiger partial charge on any atom is -0.481 e. The summed E-state index contributed by atoms with van der Waals surface area (Å²) in [5.74, 6) is -1.14. The average molecular weight is 284 g/mol. The summed E-state index contributed by atoms with van der Waals surface area (Å²) in [5, 5.41) is 11.4. The van der Waals surface area contributed by atoms with Gasteiger partial charge < -0.3 is 10.4 Å². The second-order valence-corrected chi connectivity index (χ2v) is 4.81. The minimum atomic E-state index is -0.935. The number of nitrogens with zero attached hydrogens (tertiary/aromatic N) is 1. The normalized spacial score (nSPS) is 10.2. The Morgan fingerprint density at radius 3 is 2.57 bits per heavy atom. The molecule has 1 aromatic carbocycles. The number of carboxylic acids is 1. The van der Waals surface area contributed by atoms with Crippen LogP contribution in [-0.4, -0.2) is 22.0 Å². The molecule has 0 saturated carbocycles. The lowest BCUT2D eigenvalue weighted by Gasteiger charge is -2.09. The lowest BCUT2D eigenvalue weighted by molar-refractivity contribution is -0.136. The molecule has 2 rings (SSSR count). The number of benzene rings is 1. The molecule has 2 aromatic rings. The first-order chi connectivity index (χ1) is 9.97. The van der Waals surface area contributed by atoms with Gasteiger partial charge in [-0.05, 0) is 43.2 Å². The molecule has 1 heterocycles. The van der Waals surface area contributed by atoms with E-state index in [-0.39, 0.29) is 12.3 Å². The van der Waals surface area contributed by atoms with E-state index in [2.05, 4.69) is 10.3 Å². The van der Waals surface area contributed by atoms with Gasteiger partial charge >= 0.3 is 5.97 Å². The van der Waals surface area contributed by atoms with Crippen LogP contribution in [0.25, 0.3) is 0 Å². The predicted octanol–water partition coefficient (Wildman–Crippen LogP) is 2.58. The number of amides is 1. The Labute approximate surface area is 122 Å². The van der Waals surface area contributed by atoms with Crippen molar-refractivity contribution in [3.63, 3.8) is 0 Å². The molecule has 0 saturated heterocycles. The first kappa shape index (κ1) is 14.7. The molecule has 2 N–H and O–H groups in total. The summed E-state index contributed by atoms with van der Waals surface area (Å²) >= 11 is 0. The van der Waals surface area contributed by atoms with Gasteiger partial charge in [0.1, 0.15) is 0 Å². The van der Waals surface area contributed by atoms with Crippen molar-refractivity contribution in [3.05, 3.63) is 58.9 Å². The van der Waals surface area contributed by atoms with Crippen molar-refractivity contribution in [2.75, 3.05) is 5.32 Å². The summed E-state index contributed by atoms with van der Waals surface area (Å²) in [6, 6.07) is 8.80. The maximum Gasteiger partial charge on any atom is 0.309 e. The highest BCUT2D eigenvalue weighted by Gasteiger charge is 2.10. The van der Waals surface area contributed by atoms with Gasteiger partial charge in [-0.2, -0.15) is 0 Å². The van der Waals surface area contributed by atoms with E-state index in [4.69, 9.17) is 5.11 Å². The monoisotopic (exact) mass is 284 g/mol. The zero-order valence-corrected chi connectivity index (χ0v) is 11.9. The molecule has 0 radical (unpaired) electrons.